The Morgan fingerprint density at radius 1 is 1.21 bits per heavy atom. The van der Waals surface area contributed by atoms with E-state index < -0.39 is 0 Å². The van der Waals surface area contributed by atoms with Crippen LogP contribution in [-0.2, 0) is 12.0 Å². The zero-order valence-electron chi connectivity index (χ0n) is 14.7. The molecule has 0 amide bonds. The van der Waals surface area contributed by atoms with Gasteiger partial charge in [-0.05, 0) is 36.2 Å². The Kier molecular flexibility index (Phi) is 5.90. The molecular weight excluding hydrogens is 303 g/mol. The SMILES string of the molecule is CN=C(NCc1ncccc1C)NCC(C)(C)c1cccc(F)c1. The number of rotatable bonds is 5. The van der Waals surface area contributed by atoms with E-state index in [1.807, 2.05) is 25.1 Å². The van der Waals surface area contributed by atoms with Crippen LogP contribution in [-0.4, -0.2) is 24.5 Å². The van der Waals surface area contributed by atoms with Crippen molar-refractivity contribution in [2.24, 2.45) is 4.99 Å². The molecule has 0 saturated heterocycles. The summed E-state index contributed by atoms with van der Waals surface area (Å²) in [6, 6.07) is 10.7. The average Bonchev–Trinajstić information content (AvgIpc) is 2.56. The summed E-state index contributed by atoms with van der Waals surface area (Å²) in [5.74, 6) is 0.484. The molecule has 0 bridgehead atoms. The summed E-state index contributed by atoms with van der Waals surface area (Å²) in [5, 5.41) is 6.57. The maximum atomic E-state index is 13.4. The lowest BCUT2D eigenvalue weighted by Gasteiger charge is -2.27. The molecule has 1 heterocycles. The number of pyridine rings is 1. The molecule has 2 aromatic rings. The zero-order valence-corrected chi connectivity index (χ0v) is 14.7. The van der Waals surface area contributed by atoms with Crippen LogP contribution in [0.3, 0.4) is 0 Å². The van der Waals surface area contributed by atoms with Crippen molar-refractivity contribution < 1.29 is 4.39 Å². The Balaban J connectivity index is 1.95. The monoisotopic (exact) mass is 328 g/mol. The molecular formula is C19H25FN4. The summed E-state index contributed by atoms with van der Waals surface area (Å²) in [6.07, 6.45) is 1.78. The molecule has 0 unspecified atom stereocenters. The van der Waals surface area contributed by atoms with E-state index >= 15 is 0 Å². The number of nitrogens with one attached hydrogen (secondary N) is 2. The Hall–Kier alpha value is -2.43. The third-order valence-electron chi connectivity index (χ3n) is 4.07. The summed E-state index contributed by atoms with van der Waals surface area (Å²) in [7, 11) is 1.73. The number of guanidine groups is 1. The van der Waals surface area contributed by atoms with Crippen LogP contribution in [0, 0.1) is 12.7 Å². The van der Waals surface area contributed by atoms with Crippen molar-refractivity contribution >= 4 is 5.96 Å². The van der Waals surface area contributed by atoms with Crippen molar-refractivity contribution in [2.75, 3.05) is 13.6 Å². The predicted octanol–water partition coefficient (Wildman–Crippen LogP) is 3.17. The Labute approximate surface area is 143 Å². The number of aliphatic imine (C=N–C) groups is 1. The molecule has 0 spiro atoms. The fourth-order valence-corrected chi connectivity index (χ4v) is 2.41. The van der Waals surface area contributed by atoms with Gasteiger partial charge in [-0.3, -0.25) is 9.98 Å². The van der Waals surface area contributed by atoms with Crippen LogP contribution in [0.2, 0.25) is 0 Å². The molecule has 5 heteroatoms. The largest absolute Gasteiger partial charge is 0.356 e. The number of aromatic nitrogens is 1. The van der Waals surface area contributed by atoms with Crippen LogP contribution in [0.15, 0.2) is 47.6 Å². The van der Waals surface area contributed by atoms with Gasteiger partial charge in [0.25, 0.3) is 0 Å². The van der Waals surface area contributed by atoms with Gasteiger partial charge in [-0.1, -0.05) is 32.0 Å². The highest BCUT2D eigenvalue weighted by atomic mass is 19.1. The molecule has 24 heavy (non-hydrogen) atoms. The van der Waals surface area contributed by atoms with Crippen LogP contribution in [0.25, 0.3) is 0 Å². The van der Waals surface area contributed by atoms with E-state index in [9.17, 15) is 4.39 Å². The molecule has 0 atom stereocenters. The topological polar surface area (TPSA) is 49.3 Å². The van der Waals surface area contributed by atoms with Gasteiger partial charge in [0.1, 0.15) is 5.82 Å². The first-order valence-electron chi connectivity index (χ1n) is 8.03. The summed E-state index contributed by atoms with van der Waals surface area (Å²) in [4.78, 5) is 8.60. The van der Waals surface area contributed by atoms with Crippen molar-refractivity contribution in [2.45, 2.75) is 32.7 Å². The molecule has 1 aromatic heterocycles. The number of aryl methyl sites for hydroxylation is 1. The van der Waals surface area contributed by atoms with Crippen molar-refractivity contribution in [3.05, 3.63) is 65.2 Å². The fraction of sp³-hybridized carbons (Fsp3) is 0.368. The second-order valence-corrected chi connectivity index (χ2v) is 6.44. The number of hydrogen-bond donors (Lipinski definition) is 2. The molecule has 4 nitrogen and oxygen atoms in total. The minimum absolute atomic E-state index is 0.214. The molecule has 0 saturated carbocycles. The van der Waals surface area contributed by atoms with Gasteiger partial charge in [0, 0.05) is 25.2 Å². The van der Waals surface area contributed by atoms with Crippen molar-refractivity contribution in [3.63, 3.8) is 0 Å². The summed E-state index contributed by atoms with van der Waals surface area (Å²) in [6.45, 7) is 7.42. The standard InChI is InChI=1S/C19H25FN4/c1-14-7-6-10-22-17(14)12-23-18(21-4)24-13-19(2,3)15-8-5-9-16(20)11-15/h5-11H,12-13H2,1-4H3,(H2,21,23,24). The lowest BCUT2D eigenvalue weighted by atomic mass is 9.84. The van der Waals surface area contributed by atoms with E-state index in [0.29, 0.717) is 19.0 Å². The Morgan fingerprint density at radius 2 is 2.00 bits per heavy atom. The lowest BCUT2D eigenvalue weighted by Crippen LogP contribution is -2.43. The number of halogens is 1. The molecule has 0 aliphatic rings. The van der Waals surface area contributed by atoms with E-state index in [-0.39, 0.29) is 11.2 Å². The second kappa shape index (κ2) is 7.90. The molecule has 1 aromatic carbocycles. The number of nitrogens with zero attached hydrogens (tertiary/aromatic N) is 2. The molecule has 0 aliphatic carbocycles. The number of hydrogen-bond acceptors (Lipinski definition) is 2. The number of benzene rings is 1. The maximum Gasteiger partial charge on any atom is 0.191 e. The van der Waals surface area contributed by atoms with Gasteiger partial charge in [-0.2, -0.15) is 0 Å². The third-order valence-corrected chi connectivity index (χ3v) is 4.07. The molecule has 2 rings (SSSR count). The molecule has 2 N–H and O–H groups in total. The lowest BCUT2D eigenvalue weighted by molar-refractivity contribution is 0.503. The van der Waals surface area contributed by atoms with Gasteiger partial charge in [0.2, 0.25) is 0 Å². The van der Waals surface area contributed by atoms with Gasteiger partial charge in [0.15, 0.2) is 5.96 Å². The summed E-state index contributed by atoms with van der Waals surface area (Å²) >= 11 is 0. The van der Waals surface area contributed by atoms with Crippen molar-refractivity contribution in [1.82, 2.24) is 15.6 Å². The molecule has 0 aliphatic heterocycles. The van der Waals surface area contributed by atoms with E-state index in [1.54, 1.807) is 25.4 Å². The van der Waals surface area contributed by atoms with E-state index in [2.05, 4.69) is 34.5 Å². The second-order valence-electron chi connectivity index (χ2n) is 6.44. The first-order chi connectivity index (χ1) is 11.4. The van der Waals surface area contributed by atoms with Crippen molar-refractivity contribution in [1.29, 1.82) is 0 Å². The highest BCUT2D eigenvalue weighted by Gasteiger charge is 2.21. The van der Waals surface area contributed by atoms with E-state index in [1.165, 1.54) is 6.07 Å². The van der Waals surface area contributed by atoms with Gasteiger partial charge in [0.05, 0.1) is 12.2 Å². The summed E-state index contributed by atoms with van der Waals surface area (Å²) in [5.41, 5.74) is 2.86. The van der Waals surface area contributed by atoms with Crippen LogP contribution >= 0.6 is 0 Å². The molecule has 0 fully saturated rings. The van der Waals surface area contributed by atoms with Gasteiger partial charge in [-0.15, -0.1) is 0 Å². The smallest absolute Gasteiger partial charge is 0.191 e. The van der Waals surface area contributed by atoms with Crippen LogP contribution in [0.5, 0.6) is 0 Å². The van der Waals surface area contributed by atoms with Gasteiger partial charge >= 0.3 is 0 Å². The van der Waals surface area contributed by atoms with E-state index in [0.717, 1.165) is 16.8 Å². The quantitative estimate of drug-likeness (QED) is 0.655. The highest BCUT2D eigenvalue weighted by Crippen LogP contribution is 2.22. The first-order valence-corrected chi connectivity index (χ1v) is 8.03. The zero-order chi connectivity index (χ0) is 17.6. The Bertz CT molecular complexity index is 710. The van der Waals surface area contributed by atoms with Crippen LogP contribution in [0.1, 0.15) is 30.7 Å². The molecule has 0 radical (unpaired) electrons. The van der Waals surface area contributed by atoms with Crippen LogP contribution in [0.4, 0.5) is 4.39 Å². The van der Waals surface area contributed by atoms with E-state index in [4.69, 9.17) is 0 Å². The van der Waals surface area contributed by atoms with Gasteiger partial charge in [-0.25, -0.2) is 4.39 Å². The van der Waals surface area contributed by atoms with Crippen molar-refractivity contribution in [3.8, 4) is 0 Å². The van der Waals surface area contributed by atoms with Crippen LogP contribution < -0.4 is 10.6 Å². The van der Waals surface area contributed by atoms with Gasteiger partial charge < -0.3 is 10.6 Å². The minimum Gasteiger partial charge on any atom is -0.356 e. The predicted molar refractivity (Wildman–Crippen MR) is 96.6 cm³/mol. The maximum absolute atomic E-state index is 13.4. The molecule has 128 valence electrons. The minimum atomic E-state index is -0.222. The third kappa shape index (κ3) is 4.78. The fourth-order valence-electron chi connectivity index (χ4n) is 2.41. The normalized spacial score (nSPS) is 12.1. The summed E-state index contributed by atoms with van der Waals surface area (Å²) < 4.78 is 13.4. The Morgan fingerprint density at radius 3 is 2.67 bits per heavy atom. The first kappa shape index (κ1) is 17.9. The average molecular weight is 328 g/mol. The highest BCUT2D eigenvalue weighted by molar-refractivity contribution is 5.79.